The first-order chi connectivity index (χ1) is 14.6. The highest BCUT2D eigenvalue weighted by molar-refractivity contribution is 5.69. The maximum Gasteiger partial charge on any atom is 0.306 e. The molecule has 4 aliphatic carbocycles. The maximum absolute atomic E-state index is 11.3. The number of carboxylic acid groups (broad SMARTS) is 1. The average Bonchev–Trinajstić information content (AvgIpc) is 3.06. The van der Waals surface area contributed by atoms with Gasteiger partial charge >= 0.3 is 5.97 Å². The molecule has 178 valence electrons. The molecule has 4 rings (SSSR count). The molecule has 0 aromatic rings. The van der Waals surface area contributed by atoms with E-state index in [-0.39, 0.29) is 18.1 Å². The van der Waals surface area contributed by atoms with E-state index in [1.54, 1.807) is 0 Å². The molecule has 0 radical (unpaired) electrons. The van der Waals surface area contributed by atoms with Gasteiger partial charge in [0.05, 0.1) is 18.1 Å². The van der Waals surface area contributed by atoms with E-state index in [4.69, 9.17) is 5.11 Å². The van der Waals surface area contributed by atoms with Crippen molar-refractivity contribution in [2.24, 2.45) is 52.3 Å². The Morgan fingerprint density at radius 2 is 1.61 bits per heavy atom. The Morgan fingerprint density at radius 1 is 0.935 bits per heavy atom. The average molecular weight is 435 g/mol. The summed E-state index contributed by atoms with van der Waals surface area (Å²) in [4.78, 5) is 11.1. The van der Waals surface area contributed by atoms with Gasteiger partial charge in [0.1, 0.15) is 0 Å². The van der Waals surface area contributed by atoms with Crippen LogP contribution in [0.2, 0.25) is 0 Å². The Labute approximate surface area is 189 Å². The Bertz CT molecular complexity index is 664. The van der Waals surface area contributed by atoms with E-state index in [0.717, 1.165) is 44.9 Å². The molecule has 4 saturated carbocycles. The molecule has 4 unspecified atom stereocenters. The number of carbonyl (C=O) groups is 1. The Morgan fingerprint density at radius 3 is 2.32 bits per heavy atom. The molecule has 0 spiro atoms. The van der Waals surface area contributed by atoms with Gasteiger partial charge in [-0.1, -0.05) is 40.5 Å². The number of hydrogen-bond acceptors (Lipinski definition) is 3. The molecule has 0 aromatic carbocycles. The fraction of sp³-hybridized carbons (Fsp3) is 0.963. The van der Waals surface area contributed by atoms with Gasteiger partial charge in [-0.05, 0) is 104 Å². The second kappa shape index (κ2) is 8.63. The molecule has 0 amide bonds. The predicted octanol–water partition coefficient (Wildman–Crippen LogP) is 5.50. The lowest BCUT2D eigenvalue weighted by atomic mass is 9.43. The minimum atomic E-state index is -0.674. The Hall–Kier alpha value is -0.610. The van der Waals surface area contributed by atoms with E-state index in [1.165, 1.54) is 25.7 Å². The molecule has 31 heavy (non-hydrogen) atoms. The van der Waals surface area contributed by atoms with E-state index in [1.807, 2.05) is 6.92 Å². The minimum absolute atomic E-state index is 0.170. The summed E-state index contributed by atoms with van der Waals surface area (Å²) in [5.41, 5.74) is 0.610. The third kappa shape index (κ3) is 3.98. The Balaban J connectivity index is 1.46. The van der Waals surface area contributed by atoms with Crippen molar-refractivity contribution < 1.29 is 20.1 Å². The topological polar surface area (TPSA) is 77.8 Å². The fourth-order valence-corrected chi connectivity index (χ4v) is 9.25. The van der Waals surface area contributed by atoms with Crippen LogP contribution in [0.15, 0.2) is 0 Å². The van der Waals surface area contributed by atoms with Crippen LogP contribution in [0.5, 0.6) is 0 Å². The highest BCUT2D eigenvalue weighted by Gasteiger charge is 2.62. The lowest BCUT2D eigenvalue weighted by molar-refractivity contribution is -0.174. The highest BCUT2D eigenvalue weighted by Crippen LogP contribution is 2.68. The molecule has 0 aromatic heterocycles. The first kappa shape index (κ1) is 23.5. The van der Waals surface area contributed by atoms with Crippen LogP contribution in [0.3, 0.4) is 0 Å². The molecular weight excluding hydrogens is 388 g/mol. The van der Waals surface area contributed by atoms with E-state index >= 15 is 0 Å². The van der Waals surface area contributed by atoms with Gasteiger partial charge in [-0.25, -0.2) is 0 Å². The molecule has 4 aliphatic rings. The van der Waals surface area contributed by atoms with Crippen LogP contribution < -0.4 is 0 Å². The zero-order valence-corrected chi connectivity index (χ0v) is 20.2. The van der Waals surface area contributed by atoms with Gasteiger partial charge in [0.25, 0.3) is 0 Å². The summed E-state index contributed by atoms with van der Waals surface area (Å²) in [6, 6.07) is 0. The van der Waals surface area contributed by atoms with Crippen molar-refractivity contribution in [1.29, 1.82) is 0 Å². The minimum Gasteiger partial charge on any atom is -0.481 e. The van der Waals surface area contributed by atoms with Crippen LogP contribution in [0.4, 0.5) is 0 Å². The number of carboxylic acids is 1. The van der Waals surface area contributed by atoms with Crippen molar-refractivity contribution in [3.8, 4) is 0 Å². The third-order valence-corrected chi connectivity index (χ3v) is 11.1. The van der Waals surface area contributed by atoms with Crippen molar-refractivity contribution >= 4 is 5.97 Å². The van der Waals surface area contributed by atoms with Crippen LogP contribution >= 0.6 is 0 Å². The SMILES string of the molecule is CC(CCC[C@@H](C)[C@H]1CC[C@H]2[C@@H]3C(O)CC4CC(O)CC[C@]4(C)[C@H]3CC[C@]12C)C(=O)O. The predicted molar refractivity (Wildman–Crippen MR) is 122 cm³/mol. The number of aliphatic hydroxyl groups excluding tert-OH is 2. The first-order valence-corrected chi connectivity index (χ1v) is 13.2. The van der Waals surface area contributed by atoms with E-state index in [0.29, 0.717) is 46.3 Å². The first-order valence-electron chi connectivity index (χ1n) is 13.2. The van der Waals surface area contributed by atoms with Gasteiger partial charge in [-0.3, -0.25) is 4.79 Å². The molecule has 4 nitrogen and oxygen atoms in total. The van der Waals surface area contributed by atoms with E-state index in [2.05, 4.69) is 20.8 Å². The van der Waals surface area contributed by atoms with Crippen molar-refractivity contribution in [3.05, 3.63) is 0 Å². The largest absolute Gasteiger partial charge is 0.481 e. The van der Waals surface area contributed by atoms with Crippen molar-refractivity contribution in [2.75, 3.05) is 0 Å². The van der Waals surface area contributed by atoms with Crippen molar-refractivity contribution in [2.45, 2.75) is 111 Å². The quantitative estimate of drug-likeness (QED) is 0.515. The van der Waals surface area contributed by atoms with Gasteiger partial charge in [0.2, 0.25) is 0 Å². The Kier molecular flexibility index (Phi) is 6.55. The molecular formula is C27H46O4. The number of rotatable bonds is 6. The molecule has 11 atom stereocenters. The van der Waals surface area contributed by atoms with Crippen LogP contribution in [-0.2, 0) is 4.79 Å². The van der Waals surface area contributed by atoms with Crippen LogP contribution in [0.1, 0.15) is 98.3 Å². The summed E-state index contributed by atoms with van der Waals surface area (Å²) < 4.78 is 0. The number of aliphatic hydroxyl groups is 2. The molecule has 0 saturated heterocycles. The highest BCUT2D eigenvalue weighted by atomic mass is 16.4. The molecule has 3 N–H and O–H groups in total. The summed E-state index contributed by atoms with van der Waals surface area (Å²) in [5.74, 6) is 2.55. The second-order valence-electron chi connectivity index (χ2n) is 12.6. The number of hydrogen-bond donors (Lipinski definition) is 3. The molecule has 4 fully saturated rings. The lowest BCUT2D eigenvalue weighted by Crippen LogP contribution is -2.58. The fourth-order valence-electron chi connectivity index (χ4n) is 9.25. The normalized spacial score (nSPS) is 48.9. The van der Waals surface area contributed by atoms with Gasteiger partial charge in [0, 0.05) is 0 Å². The summed E-state index contributed by atoms with van der Waals surface area (Å²) in [5, 5.41) is 30.8. The van der Waals surface area contributed by atoms with Crippen LogP contribution in [-0.4, -0.2) is 33.5 Å². The number of fused-ring (bicyclic) bond motifs is 5. The summed E-state index contributed by atoms with van der Waals surface area (Å²) in [6.07, 6.45) is 11.4. The van der Waals surface area contributed by atoms with E-state index < -0.39 is 5.97 Å². The summed E-state index contributed by atoms with van der Waals surface area (Å²) in [6.45, 7) is 9.22. The smallest absolute Gasteiger partial charge is 0.306 e. The molecule has 0 bridgehead atoms. The molecule has 0 aliphatic heterocycles. The summed E-state index contributed by atoms with van der Waals surface area (Å²) in [7, 11) is 0. The standard InChI is InChI=1S/C27H46O4/c1-16(6-5-7-17(2)25(30)31)20-8-9-21-24-22(11-13-27(20,21)4)26(3)12-10-19(28)14-18(26)15-23(24)29/h16-24,28-29H,5-15H2,1-4H3,(H,30,31)/t16-,17?,18?,19?,20-,21+,22+,23?,24+,26+,27-/m1/s1. The lowest BCUT2D eigenvalue weighted by Gasteiger charge is -2.62. The zero-order chi connectivity index (χ0) is 22.6. The number of aliphatic carboxylic acids is 1. The molecule has 4 heteroatoms. The second-order valence-corrected chi connectivity index (χ2v) is 12.6. The molecule has 0 heterocycles. The van der Waals surface area contributed by atoms with Gasteiger partial charge < -0.3 is 15.3 Å². The summed E-state index contributed by atoms with van der Waals surface area (Å²) >= 11 is 0. The van der Waals surface area contributed by atoms with E-state index in [9.17, 15) is 15.0 Å². The van der Waals surface area contributed by atoms with Gasteiger partial charge in [0.15, 0.2) is 0 Å². The zero-order valence-electron chi connectivity index (χ0n) is 20.2. The monoisotopic (exact) mass is 434 g/mol. The third-order valence-electron chi connectivity index (χ3n) is 11.1. The van der Waals surface area contributed by atoms with Crippen LogP contribution in [0.25, 0.3) is 0 Å². The van der Waals surface area contributed by atoms with Gasteiger partial charge in [-0.2, -0.15) is 0 Å². The van der Waals surface area contributed by atoms with Crippen molar-refractivity contribution in [3.63, 3.8) is 0 Å². The van der Waals surface area contributed by atoms with Crippen LogP contribution in [0, 0.1) is 52.3 Å². The van der Waals surface area contributed by atoms with Crippen molar-refractivity contribution in [1.82, 2.24) is 0 Å². The van der Waals surface area contributed by atoms with Gasteiger partial charge in [-0.15, -0.1) is 0 Å². The maximum atomic E-state index is 11.3.